The quantitative estimate of drug-likeness (QED) is 0.382. The average molecular weight is 362 g/mol. The maximum absolute atomic E-state index is 12.7. The van der Waals surface area contributed by atoms with Crippen LogP contribution < -0.4 is 0 Å². The molecule has 140 valence electrons. The van der Waals surface area contributed by atoms with E-state index in [2.05, 4.69) is 6.58 Å². The summed E-state index contributed by atoms with van der Waals surface area (Å²) in [7, 11) is 0. The first-order valence-corrected chi connectivity index (χ1v) is 8.99. The molecule has 5 rings (SSSR count). The molecule has 1 spiro atoms. The van der Waals surface area contributed by atoms with Crippen molar-refractivity contribution in [3.8, 4) is 0 Å². The summed E-state index contributed by atoms with van der Waals surface area (Å²) in [5.41, 5.74) is -4.80. The summed E-state index contributed by atoms with van der Waals surface area (Å²) in [6.45, 7) is 5.40. The molecule has 3 unspecified atom stereocenters. The number of carboxylic acid groups (broad SMARTS) is 1. The summed E-state index contributed by atoms with van der Waals surface area (Å²) >= 11 is 0. The highest BCUT2D eigenvalue weighted by Gasteiger charge is 2.85. The molecule has 4 aliphatic carbocycles. The summed E-state index contributed by atoms with van der Waals surface area (Å²) < 4.78 is 5.81. The van der Waals surface area contributed by atoms with E-state index in [-0.39, 0.29) is 12.0 Å². The van der Waals surface area contributed by atoms with E-state index in [1.165, 1.54) is 6.08 Å². The highest BCUT2D eigenvalue weighted by atomic mass is 16.6. The van der Waals surface area contributed by atoms with E-state index in [1.807, 2.05) is 0 Å². The first-order valence-electron chi connectivity index (χ1n) is 8.99. The Bertz CT molecular complexity index is 804. The molecule has 0 amide bonds. The van der Waals surface area contributed by atoms with Gasteiger partial charge in [-0.3, -0.25) is 9.59 Å². The van der Waals surface area contributed by atoms with Gasteiger partial charge in [-0.1, -0.05) is 12.7 Å². The van der Waals surface area contributed by atoms with Gasteiger partial charge in [0, 0.05) is 17.3 Å². The minimum atomic E-state index is -1.40. The number of hydrogen-bond donors (Lipinski definition) is 4. The lowest BCUT2D eigenvalue weighted by molar-refractivity contribution is -0.167. The number of ether oxygens (including phenoxy) is 1. The third-order valence-electron chi connectivity index (χ3n) is 8.25. The largest absolute Gasteiger partial charge is 0.481 e. The third kappa shape index (κ3) is 1.33. The highest BCUT2D eigenvalue weighted by Crippen LogP contribution is 2.77. The van der Waals surface area contributed by atoms with Crippen LogP contribution >= 0.6 is 0 Å². The number of carbonyl (C=O) groups excluding carboxylic acids is 1. The Kier molecular flexibility index (Phi) is 2.68. The zero-order valence-electron chi connectivity index (χ0n) is 14.4. The molecule has 26 heavy (non-hydrogen) atoms. The summed E-state index contributed by atoms with van der Waals surface area (Å²) in [5, 5.41) is 42.7. The lowest BCUT2D eigenvalue weighted by atomic mass is 9.60. The molecule has 4 fully saturated rings. The Hall–Kier alpha value is -1.70. The van der Waals surface area contributed by atoms with Crippen LogP contribution in [0.2, 0.25) is 0 Å². The maximum Gasteiger partial charge on any atom is 0.316 e. The first-order chi connectivity index (χ1) is 12.1. The molecule has 4 bridgehead atoms. The van der Waals surface area contributed by atoms with Crippen molar-refractivity contribution >= 4 is 11.9 Å². The topological polar surface area (TPSA) is 124 Å². The lowest BCUT2D eigenvalue weighted by Crippen LogP contribution is -2.51. The molecule has 4 N–H and O–H groups in total. The smallest absolute Gasteiger partial charge is 0.316 e. The molecular formula is C19H22O7. The van der Waals surface area contributed by atoms with E-state index in [0.717, 1.165) is 0 Å². The number of aliphatic carboxylic acids is 1. The minimum absolute atomic E-state index is 0.0808. The van der Waals surface area contributed by atoms with Crippen LogP contribution in [0.5, 0.6) is 0 Å². The summed E-state index contributed by atoms with van der Waals surface area (Å²) in [4.78, 5) is 25.1. The van der Waals surface area contributed by atoms with Gasteiger partial charge in [-0.2, -0.15) is 0 Å². The van der Waals surface area contributed by atoms with Gasteiger partial charge in [-0.25, -0.2) is 0 Å². The fourth-order valence-corrected chi connectivity index (χ4v) is 7.16. The van der Waals surface area contributed by atoms with Crippen LogP contribution in [0.25, 0.3) is 0 Å². The maximum atomic E-state index is 12.7. The number of aliphatic hydroxyl groups is 3. The van der Waals surface area contributed by atoms with Crippen LogP contribution in [0.3, 0.4) is 0 Å². The predicted octanol–water partition coefficient (Wildman–Crippen LogP) is -0.00210. The minimum Gasteiger partial charge on any atom is -0.481 e. The van der Waals surface area contributed by atoms with Crippen LogP contribution in [0.15, 0.2) is 24.3 Å². The van der Waals surface area contributed by atoms with E-state index >= 15 is 0 Å². The van der Waals surface area contributed by atoms with Crippen LogP contribution in [-0.2, 0) is 14.3 Å². The fraction of sp³-hybridized carbons (Fsp3) is 0.684. The second-order valence-electron chi connectivity index (χ2n) is 8.96. The molecule has 1 aliphatic heterocycles. The van der Waals surface area contributed by atoms with Gasteiger partial charge >= 0.3 is 11.9 Å². The summed E-state index contributed by atoms with van der Waals surface area (Å²) in [5.74, 6) is -4.15. The molecular weight excluding hydrogens is 340 g/mol. The number of rotatable bonds is 1. The molecule has 5 aliphatic rings. The van der Waals surface area contributed by atoms with E-state index in [9.17, 15) is 30.0 Å². The van der Waals surface area contributed by atoms with Gasteiger partial charge in [0.15, 0.2) is 0 Å². The molecule has 0 aromatic heterocycles. The van der Waals surface area contributed by atoms with Crippen LogP contribution in [0.1, 0.15) is 26.2 Å². The number of hydrogen-bond acceptors (Lipinski definition) is 6. The first kappa shape index (κ1) is 16.5. The van der Waals surface area contributed by atoms with Gasteiger partial charge in [0.05, 0.1) is 23.7 Å². The van der Waals surface area contributed by atoms with Gasteiger partial charge < -0.3 is 25.2 Å². The van der Waals surface area contributed by atoms with Crippen molar-refractivity contribution < 1.29 is 34.8 Å². The van der Waals surface area contributed by atoms with Crippen molar-refractivity contribution in [2.24, 2.45) is 28.6 Å². The van der Waals surface area contributed by atoms with Crippen LogP contribution in [0.4, 0.5) is 0 Å². The molecule has 9 atom stereocenters. The number of fused-ring (bicyclic) bond motifs is 1. The SMILES string of the molecule is C=C1C(O)[C@]23C[C@@]1(O)CC[C@H]2[C@@]12C=C[C@H](O)[C@@](C)(C(=O)O1)C2C3C(=O)O. The average Bonchev–Trinajstić information content (AvgIpc) is 2.98. The second kappa shape index (κ2) is 4.24. The van der Waals surface area contributed by atoms with Crippen LogP contribution in [0, 0.1) is 28.6 Å². The Balaban J connectivity index is 1.81. The van der Waals surface area contributed by atoms with E-state index < -0.39 is 63.9 Å². The number of esters is 1. The van der Waals surface area contributed by atoms with Crippen molar-refractivity contribution in [1.29, 1.82) is 0 Å². The van der Waals surface area contributed by atoms with E-state index in [0.29, 0.717) is 12.8 Å². The van der Waals surface area contributed by atoms with Gasteiger partial charge in [-0.15, -0.1) is 0 Å². The molecule has 3 saturated carbocycles. The molecule has 1 saturated heterocycles. The zero-order valence-corrected chi connectivity index (χ0v) is 14.4. The molecule has 7 heteroatoms. The van der Waals surface area contributed by atoms with Gasteiger partial charge in [0.25, 0.3) is 0 Å². The Morgan fingerprint density at radius 3 is 2.73 bits per heavy atom. The van der Waals surface area contributed by atoms with E-state index in [4.69, 9.17) is 4.74 Å². The number of carboxylic acids is 1. The fourth-order valence-electron chi connectivity index (χ4n) is 7.16. The van der Waals surface area contributed by atoms with Crippen molar-refractivity contribution in [2.75, 3.05) is 0 Å². The third-order valence-corrected chi connectivity index (χ3v) is 8.25. The van der Waals surface area contributed by atoms with Gasteiger partial charge in [-0.05, 0) is 37.8 Å². The summed E-state index contributed by atoms with van der Waals surface area (Å²) in [6.07, 6.45) is 1.61. The molecule has 0 aromatic rings. The van der Waals surface area contributed by atoms with Crippen molar-refractivity contribution in [3.05, 3.63) is 24.3 Å². The Morgan fingerprint density at radius 2 is 2.08 bits per heavy atom. The molecule has 7 nitrogen and oxygen atoms in total. The van der Waals surface area contributed by atoms with Gasteiger partial charge in [0.1, 0.15) is 11.0 Å². The normalized spacial score (nSPS) is 59.2. The summed E-state index contributed by atoms with van der Waals surface area (Å²) in [6, 6.07) is 0. The molecule has 0 radical (unpaired) electrons. The number of carbonyl (C=O) groups is 2. The Morgan fingerprint density at radius 1 is 1.38 bits per heavy atom. The molecule has 1 heterocycles. The highest BCUT2D eigenvalue weighted by molar-refractivity contribution is 5.86. The van der Waals surface area contributed by atoms with Crippen LogP contribution in [-0.4, -0.2) is 55.8 Å². The standard InChI is InChI=1S/C19H22O7/c1-8-13(21)18-7-17(8,25)5-3-9(18)19-6-4-10(20)16(2,15(24)26-19)12(19)11(18)14(22)23/h4,6,9-13,20-21,25H,1,3,5,7H2,2H3,(H,22,23)/t9-,10+,11?,12?,13?,16-,17+,18-,19-/m1/s1. The van der Waals surface area contributed by atoms with E-state index in [1.54, 1.807) is 13.0 Å². The number of aliphatic hydroxyl groups excluding tert-OH is 2. The van der Waals surface area contributed by atoms with Crippen molar-refractivity contribution in [3.63, 3.8) is 0 Å². The monoisotopic (exact) mass is 362 g/mol. The zero-order chi connectivity index (χ0) is 18.9. The van der Waals surface area contributed by atoms with Crippen molar-refractivity contribution in [1.82, 2.24) is 0 Å². The second-order valence-corrected chi connectivity index (χ2v) is 8.96. The van der Waals surface area contributed by atoms with Gasteiger partial charge in [0.2, 0.25) is 0 Å². The molecule has 0 aromatic carbocycles. The van der Waals surface area contributed by atoms with Crippen molar-refractivity contribution in [2.45, 2.75) is 49.6 Å². The lowest BCUT2D eigenvalue weighted by Gasteiger charge is -2.45. The Labute approximate surface area is 150 Å². The predicted molar refractivity (Wildman–Crippen MR) is 86.6 cm³/mol.